The summed E-state index contributed by atoms with van der Waals surface area (Å²) < 4.78 is 11.6. The van der Waals surface area contributed by atoms with Crippen molar-refractivity contribution in [2.24, 2.45) is 0 Å². The van der Waals surface area contributed by atoms with E-state index >= 15 is 0 Å². The van der Waals surface area contributed by atoms with Gasteiger partial charge in [-0.05, 0) is 6.42 Å². The molecule has 38 valence electrons. The fourth-order valence-electron chi connectivity index (χ4n) is 0.238. The van der Waals surface area contributed by atoms with E-state index < -0.39 is 5.50 Å². The molecule has 0 aromatic carbocycles. The lowest BCUT2D eigenvalue weighted by atomic mass is 10.4. The third-order valence-corrected chi connectivity index (χ3v) is 0.785. The Bertz CT molecular complexity index is 28.7. The number of thiol groups is 1. The molecule has 0 fully saturated rings. The first-order valence-corrected chi connectivity index (χ1v) is 2.61. The minimum Gasteiger partial charge on any atom is -0.236 e. The maximum Gasteiger partial charge on any atom is 0.143 e. The lowest BCUT2D eigenvalue weighted by Crippen LogP contribution is -1.83. The average Bonchev–Trinajstić information content (AvgIpc) is 1.35. The summed E-state index contributed by atoms with van der Waals surface area (Å²) >= 11 is 3.51. The first-order valence-electron chi connectivity index (χ1n) is 2.09. The van der Waals surface area contributed by atoms with Crippen LogP contribution in [0.2, 0.25) is 0 Å². The van der Waals surface area contributed by atoms with Crippen LogP contribution in [0, 0.1) is 0 Å². The summed E-state index contributed by atoms with van der Waals surface area (Å²) in [4.78, 5) is 0. The Morgan fingerprint density at radius 3 is 2.33 bits per heavy atom. The standard InChI is InChI=1S/C4H9FS/c1-2-3-4(5)6/h4,6H,2-3H2,1H3. The van der Waals surface area contributed by atoms with Crippen LogP contribution in [0.5, 0.6) is 0 Å². The highest BCUT2D eigenvalue weighted by atomic mass is 32.1. The molecule has 0 aliphatic rings. The predicted octanol–water partition coefficient (Wildman–Crippen LogP) is 2.01. The second kappa shape index (κ2) is 3.47. The fourth-order valence-corrected chi connectivity index (χ4v) is 0.496. The van der Waals surface area contributed by atoms with E-state index in [0.29, 0.717) is 6.42 Å². The van der Waals surface area contributed by atoms with Crippen LogP contribution in [0.3, 0.4) is 0 Å². The van der Waals surface area contributed by atoms with Gasteiger partial charge in [0.25, 0.3) is 0 Å². The van der Waals surface area contributed by atoms with Gasteiger partial charge < -0.3 is 0 Å². The zero-order valence-electron chi connectivity index (χ0n) is 3.82. The number of hydrogen-bond donors (Lipinski definition) is 1. The van der Waals surface area contributed by atoms with Crippen molar-refractivity contribution in [2.45, 2.75) is 25.3 Å². The maximum absolute atomic E-state index is 11.6. The molecule has 0 nitrogen and oxygen atoms in total. The normalized spacial score (nSPS) is 14.5. The molecular weight excluding hydrogens is 99.1 g/mol. The Morgan fingerprint density at radius 1 is 1.83 bits per heavy atom. The third kappa shape index (κ3) is 4.28. The number of alkyl halides is 1. The van der Waals surface area contributed by atoms with Crippen molar-refractivity contribution in [1.82, 2.24) is 0 Å². The van der Waals surface area contributed by atoms with Crippen molar-refractivity contribution in [1.29, 1.82) is 0 Å². The van der Waals surface area contributed by atoms with E-state index in [4.69, 9.17) is 0 Å². The fraction of sp³-hybridized carbons (Fsp3) is 1.00. The van der Waals surface area contributed by atoms with E-state index in [0.717, 1.165) is 6.42 Å². The minimum absolute atomic E-state index is 0.573. The van der Waals surface area contributed by atoms with E-state index in [1.165, 1.54) is 0 Å². The molecule has 0 heterocycles. The summed E-state index contributed by atoms with van der Waals surface area (Å²) in [5, 5.41) is 0. The van der Waals surface area contributed by atoms with E-state index in [1.54, 1.807) is 0 Å². The van der Waals surface area contributed by atoms with Crippen LogP contribution >= 0.6 is 12.6 Å². The highest BCUT2D eigenvalue weighted by Crippen LogP contribution is 2.03. The van der Waals surface area contributed by atoms with Crippen LogP contribution in [0.25, 0.3) is 0 Å². The Kier molecular flexibility index (Phi) is 3.63. The van der Waals surface area contributed by atoms with E-state index in [-0.39, 0.29) is 0 Å². The zero-order valence-corrected chi connectivity index (χ0v) is 4.71. The highest BCUT2D eigenvalue weighted by Gasteiger charge is 1.91. The van der Waals surface area contributed by atoms with Crippen LogP contribution in [-0.2, 0) is 0 Å². The summed E-state index contributed by atoms with van der Waals surface area (Å²) in [5.41, 5.74) is -0.907. The molecule has 6 heavy (non-hydrogen) atoms. The zero-order chi connectivity index (χ0) is 4.99. The molecule has 0 saturated heterocycles. The van der Waals surface area contributed by atoms with Crippen molar-refractivity contribution >= 4 is 12.6 Å². The Hall–Kier alpha value is 0.280. The van der Waals surface area contributed by atoms with Crippen LogP contribution in [0.15, 0.2) is 0 Å². The van der Waals surface area contributed by atoms with Crippen LogP contribution in [-0.4, -0.2) is 5.50 Å². The van der Waals surface area contributed by atoms with Gasteiger partial charge in [0.05, 0.1) is 0 Å². The molecule has 0 aromatic heterocycles. The predicted molar refractivity (Wildman–Crippen MR) is 28.8 cm³/mol. The molecule has 0 radical (unpaired) electrons. The highest BCUT2D eigenvalue weighted by molar-refractivity contribution is 7.80. The van der Waals surface area contributed by atoms with Crippen molar-refractivity contribution < 1.29 is 4.39 Å². The van der Waals surface area contributed by atoms with E-state index in [1.807, 2.05) is 6.92 Å². The summed E-state index contributed by atoms with van der Waals surface area (Å²) in [5.74, 6) is 0. The average molecular weight is 108 g/mol. The molecule has 0 aliphatic heterocycles. The first kappa shape index (κ1) is 6.28. The Labute approximate surface area is 43.2 Å². The van der Waals surface area contributed by atoms with Crippen LogP contribution in [0.1, 0.15) is 19.8 Å². The second-order valence-electron chi connectivity index (χ2n) is 1.22. The Balaban J connectivity index is 2.63. The summed E-state index contributed by atoms with van der Waals surface area (Å²) in [6.45, 7) is 1.93. The molecule has 1 unspecified atom stereocenters. The summed E-state index contributed by atoms with van der Waals surface area (Å²) in [6.07, 6.45) is 1.45. The minimum atomic E-state index is -0.907. The third-order valence-electron chi connectivity index (χ3n) is 0.527. The lowest BCUT2D eigenvalue weighted by Gasteiger charge is -1.91. The first-order chi connectivity index (χ1) is 2.77. The Morgan fingerprint density at radius 2 is 2.33 bits per heavy atom. The smallest absolute Gasteiger partial charge is 0.143 e. The number of hydrogen-bond acceptors (Lipinski definition) is 1. The second-order valence-corrected chi connectivity index (χ2v) is 1.78. The molecule has 0 aromatic rings. The van der Waals surface area contributed by atoms with E-state index in [9.17, 15) is 4.39 Å². The van der Waals surface area contributed by atoms with Gasteiger partial charge in [0.1, 0.15) is 5.50 Å². The molecular formula is C4H9FS. The van der Waals surface area contributed by atoms with Gasteiger partial charge in [-0.25, -0.2) is 4.39 Å². The van der Waals surface area contributed by atoms with Gasteiger partial charge in [-0.1, -0.05) is 13.3 Å². The molecule has 1 atom stereocenters. The molecule has 2 heteroatoms. The van der Waals surface area contributed by atoms with Gasteiger partial charge in [0.2, 0.25) is 0 Å². The van der Waals surface area contributed by atoms with Crippen molar-refractivity contribution in [3.8, 4) is 0 Å². The molecule has 0 N–H and O–H groups in total. The molecule has 0 bridgehead atoms. The summed E-state index contributed by atoms with van der Waals surface area (Å²) in [7, 11) is 0. The van der Waals surface area contributed by atoms with Gasteiger partial charge in [-0.3, -0.25) is 0 Å². The molecule has 0 spiro atoms. The largest absolute Gasteiger partial charge is 0.236 e. The quantitative estimate of drug-likeness (QED) is 0.514. The lowest BCUT2D eigenvalue weighted by molar-refractivity contribution is 0.429. The molecule has 0 saturated carbocycles. The van der Waals surface area contributed by atoms with Gasteiger partial charge in [0.15, 0.2) is 0 Å². The maximum atomic E-state index is 11.6. The topological polar surface area (TPSA) is 0 Å². The molecule has 0 rings (SSSR count). The molecule has 0 aliphatic carbocycles. The van der Waals surface area contributed by atoms with Crippen LogP contribution < -0.4 is 0 Å². The van der Waals surface area contributed by atoms with Gasteiger partial charge >= 0.3 is 0 Å². The van der Waals surface area contributed by atoms with Crippen molar-refractivity contribution in [3.63, 3.8) is 0 Å². The van der Waals surface area contributed by atoms with Crippen LogP contribution in [0.4, 0.5) is 4.39 Å². The van der Waals surface area contributed by atoms with E-state index in [2.05, 4.69) is 12.6 Å². The monoisotopic (exact) mass is 108 g/mol. The van der Waals surface area contributed by atoms with Gasteiger partial charge in [-0.2, -0.15) is 0 Å². The number of halogens is 1. The van der Waals surface area contributed by atoms with Gasteiger partial charge in [0, 0.05) is 0 Å². The van der Waals surface area contributed by atoms with Crippen molar-refractivity contribution in [2.75, 3.05) is 0 Å². The van der Waals surface area contributed by atoms with Gasteiger partial charge in [-0.15, -0.1) is 12.6 Å². The van der Waals surface area contributed by atoms with Crippen molar-refractivity contribution in [3.05, 3.63) is 0 Å². The summed E-state index contributed by atoms with van der Waals surface area (Å²) in [6, 6.07) is 0. The molecule has 0 amide bonds. The number of rotatable bonds is 2. The SMILES string of the molecule is CCCC(F)S.